The highest BCUT2D eigenvalue weighted by Crippen LogP contribution is 2.36. The maximum absolute atomic E-state index is 13.3. The van der Waals surface area contributed by atoms with Crippen molar-refractivity contribution in [2.45, 2.75) is 13.1 Å². The highest BCUT2D eigenvalue weighted by Gasteiger charge is 2.34. The molecule has 0 fully saturated rings. The van der Waals surface area contributed by atoms with Crippen molar-refractivity contribution >= 4 is 17.4 Å². The molecule has 0 unspecified atom stereocenters. The number of nitrogens with one attached hydrogen (secondary N) is 1. The zero-order chi connectivity index (χ0) is 25.2. The van der Waals surface area contributed by atoms with Gasteiger partial charge in [-0.2, -0.15) is 18.3 Å². The molecule has 3 heterocycles. The summed E-state index contributed by atoms with van der Waals surface area (Å²) < 4.78 is 52.5. The average Bonchev–Trinajstić information content (AvgIpc) is 3.24. The van der Waals surface area contributed by atoms with Gasteiger partial charge >= 0.3 is 6.18 Å². The average molecular weight is 486 g/mol. The Labute approximate surface area is 197 Å². The van der Waals surface area contributed by atoms with Gasteiger partial charge in [0, 0.05) is 24.2 Å². The number of halogens is 3. The summed E-state index contributed by atoms with van der Waals surface area (Å²) in [5.41, 5.74) is 6.54. The number of imidazole rings is 1. The fourth-order valence-corrected chi connectivity index (χ4v) is 3.40. The summed E-state index contributed by atoms with van der Waals surface area (Å²) in [7, 11) is 1.50. The van der Waals surface area contributed by atoms with Gasteiger partial charge in [-0.15, -0.1) is 0 Å². The second-order valence-corrected chi connectivity index (χ2v) is 7.48. The quantitative estimate of drug-likeness (QED) is 0.384. The number of ether oxygens (including phenoxy) is 2. The number of carbonyl (C=O) groups excluding carboxylic acids is 1. The molecule has 0 aliphatic heterocycles. The molecule has 0 saturated heterocycles. The van der Waals surface area contributed by atoms with Crippen LogP contribution < -0.4 is 20.5 Å². The summed E-state index contributed by atoms with van der Waals surface area (Å²) in [5.74, 6) is 0.185. The van der Waals surface area contributed by atoms with Gasteiger partial charge in [0.2, 0.25) is 5.91 Å². The van der Waals surface area contributed by atoms with E-state index in [4.69, 9.17) is 15.2 Å². The highest BCUT2D eigenvalue weighted by atomic mass is 19.4. The smallest absolute Gasteiger partial charge is 0.419 e. The van der Waals surface area contributed by atoms with Gasteiger partial charge in [-0.3, -0.25) is 4.79 Å². The van der Waals surface area contributed by atoms with Crippen LogP contribution in [0.1, 0.15) is 12.5 Å². The zero-order valence-electron chi connectivity index (χ0n) is 18.8. The molecular formula is C23H21F3N6O3. The number of amides is 1. The van der Waals surface area contributed by atoms with E-state index in [9.17, 15) is 18.0 Å². The molecular weight excluding hydrogens is 465 g/mol. The summed E-state index contributed by atoms with van der Waals surface area (Å²) in [6, 6.07) is 9.57. The predicted octanol–water partition coefficient (Wildman–Crippen LogP) is 3.58. The Morgan fingerprint density at radius 2 is 1.89 bits per heavy atom. The first-order valence-electron chi connectivity index (χ1n) is 10.4. The first-order chi connectivity index (χ1) is 16.7. The van der Waals surface area contributed by atoms with Gasteiger partial charge in [0.1, 0.15) is 12.4 Å². The summed E-state index contributed by atoms with van der Waals surface area (Å²) in [6.45, 7) is 2.02. The lowest BCUT2D eigenvalue weighted by Gasteiger charge is -2.13. The molecule has 9 nitrogen and oxygen atoms in total. The molecule has 1 aromatic carbocycles. The zero-order valence-corrected chi connectivity index (χ0v) is 18.8. The van der Waals surface area contributed by atoms with Crippen LogP contribution in [0.15, 0.2) is 48.8 Å². The van der Waals surface area contributed by atoms with Crippen molar-refractivity contribution in [3.8, 4) is 34.0 Å². The van der Waals surface area contributed by atoms with Crippen LogP contribution >= 0.6 is 0 Å². The normalized spacial score (nSPS) is 11.5. The Balaban J connectivity index is 1.67. The predicted molar refractivity (Wildman–Crippen MR) is 122 cm³/mol. The van der Waals surface area contributed by atoms with Gasteiger partial charge in [0.15, 0.2) is 17.1 Å². The Hall–Kier alpha value is -4.35. The molecule has 0 aliphatic rings. The largest absolute Gasteiger partial charge is 0.493 e. The summed E-state index contributed by atoms with van der Waals surface area (Å²) in [5, 5.41) is 7.21. The molecule has 4 rings (SSSR count). The number of hydrogen-bond donors (Lipinski definition) is 2. The van der Waals surface area contributed by atoms with Crippen molar-refractivity contribution in [3.63, 3.8) is 0 Å². The summed E-state index contributed by atoms with van der Waals surface area (Å²) in [6.07, 6.45) is -1.97. The second kappa shape index (κ2) is 9.49. The van der Waals surface area contributed by atoms with Gasteiger partial charge in [-0.05, 0) is 36.4 Å². The summed E-state index contributed by atoms with van der Waals surface area (Å²) in [4.78, 5) is 18.9. The molecule has 3 aromatic heterocycles. The van der Waals surface area contributed by atoms with Crippen molar-refractivity contribution in [3.05, 3.63) is 54.4 Å². The minimum atomic E-state index is -4.64. The molecule has 0 aliphatic carbocycles. The number of hydrogen-bond acceptors (Lipinski definition) is 7. The lowest BCUT2D eigenvalue weighted by molar-refractivity contribution is -0.137. The van der Waals surface area contributed by atoms with E-state index in [-0.39, 0.29) is 18.1 Å². The minimum Gasteiger partial charge on any atom is -0.493 e. The van der Waals surface area contributed by atoms with E-state index in [1.165, 1.54) is 30.9 Å². The topological polar surface area (TPSA) is 117 Å². The summed E-state index contributed by atoms with van der Waals surface area (Å²) >= 11 is 0. The number of carbonyl (C=O) groups is 1. The second-order valence-electron chi connectivity index (χ2n) is 7.48. The van der Waals surface area contributed by atoms with Gasteiger partial charge in [0.05, 0.1) is 36.8 Å². The van der Waals surface area contributed by atoms with Gasteiger partial charge < -0.3 is 20.5 Å². The molecule has 0 radical (unpaired) electrons. The lowest BCUT2D eigenvalue weighted by atomic mass is 10.1. The maximum Gasteiger partial charge on any atom is 0.419 e. The van der Waals surface area contributed by atoms with E-state index in [0.29, 0.717) is 40.6 Å². The SMILES string of the molecule is COc1cc(-c2ccc3ncc(-c4cnc(N)c(C(F)(F)F)c4)n3n2)ccc1OCCNC(C)=O. The van der Waals surface area contributed by atoms with E-state index >= 15 is 0 Å². The number of alkyl halides is 3. The Morgan fingerprint density at radius 3 is 2.60 bits per heavy atom. The number of nitrogens with zero attached hydrogens (tertiary/aromatic N) is 4. The van der Waals surface area contributed by atoms with E-state index in [1.807, 2.05) is 0 Å². The van der Waals surface area contributed by atoms with Crippen molar-refractivity contribution in [1.82, 2.24) is 24.9 Å². The maximum atomic E-state index is 13.3. The number of nitrogens with two attached hydrogens (primary N) is 1. The molecule has 0 saturated carbocycles. The Bertz CT molecular complexity index is 1390. The van der Waals surface area contributed by atoms with Crippen LogP contribution in [0.5, 0.6) is 11.5 Å². The molecule has 0 bridgehead atoms. The van der Waals surface area contributed by atoms with Crippen LogP contribution in [0.3, 0.4) is 0 Å². The third-order valence-corrected chi connectivity index (χ3v) is 5.07. The van der Waals surface area contributed by atoms with E-state index in [1.54, 1.807) is 30.3 Å². The first kappa shape index (κ1) is 23.8. The van der Waals surface area contributed by atoms with E-state index < -0.39 is 17.6 Å². The monoisotopic (exact) mass is 486 g/mol. The number of fused-ring (bicyclic) bond motifs is 1. The van der Waals surface area contributed by atoms with Gasteiger partial charge in [-0.1, -0.05) is 0 Å². The highest BCUT2D eigenvalue weighted by molar-refractivity contribution is 5.72. The third-order valence-electron chi connectivity index (χ3n) is 5.07. The van der Waals surface area contributed by atoms with Crippen LogP contribution in [0.2, 0.25) is 0 Å². The van der Waals surface area contributed by atoms with Crippen LogP contribution in [0.4, 0.5) is 19.0 Å². The van der Waals surface area contributed by atoms with E-state index in [2.05, 4.69) is 20.4 Å². The first-order valence-corrected chi connectivity index (χ1v) is 10.4. The molecule has 3 N–H and O–H groups in total. The Morgan fingerprint density at radius 1 is 1.09 bits per heavy atom. The van der Waals surface area contributed by atoms with Crippen molar-refractivity contribution in [2.75, 3.05) is 26.0 Å². The number of aromatic nitrogens is 4. The number of nitrogen functional groups attached to an aromatic ring is 1. The van der Waals surface area contributed by atoms with Gasteiger partial charge in [0.25, 0.3) is 0 Å². The van der Waals surface area contributed by atoms with Crippen LogP contribution in [-0.2, 0) is 11.0 Å². The molecule has 4 aromatic rings. The fourth-order valence-electron chi connectivity index (χ4n) is 3.40. The molecule has 0 atom stereocenters. The van der Waals surface area contributed by atoms with Crippen molar-refractivity contribution in [2.24, 2.45) is 0 Å². The molecule has 12 heteroatoms. The van der Waals surface area contributed by atoms with Crippen LogP contribution in [0.25, 0.3) is 28.2 Å². The molecule has 35 heavy (non-hydrogen) atoms. The number of pyridine rings is 1. The number of benzene rings is 1. The number of methoxy groups -OCH3 is 1. The standard InChI is InChI=1S/C23H21F3N6O3/c1-13(33)28-7-8-35-19-5-3-14(10-20(19)34-2)17-4-6-21-29-12-18(32(21)31-17)15-9-16(23(24,25)26)22(27)30-11-15/h3-6,9-12H,7-8H2,1-2H3,(H2,27,30)(H,28,33). The third kappa shape index (κ3) is 5.10. The Kier molecular flexibility index (Phi) is 6.45. The fraction of sp³-hybridized carbons (Fsp3) is 0.217. The van der Waals surface area contributed by atoms with Crippen LogP contribution in [0, 0.1) is 0 Å². The number of anilines is 1. The molecule has 0 spiro atoms. The minimum absolute atomic E-state index is 0.152. The van der Waals surface area contributed by atoms with Crippen molar-refractivity contribution < 1.29 is 27.4 Å². The lowest BCUT2D eigenvalue weighted by Crippen LogP contribution is -2.25. The van der Waals surface area contributed by atoms with Crippen molar-refractivity contribution in [1.29, 1.82) is 0 Å². The molecule has 1 amide bonds. The van der Waals surface area contributed by atoms with Crippen LogP contribution in [-0.4, -0.2) is 45.8 Å². The molecule has 182 valence electrons. The van der Waals surface area contributed by atoms with Gasteiger partial charge in [-0.25, -0.2) is 14.5 Å². The van der Waals surface area contributed by atoms with E-state index in [0.717, 1.165) is 6.07 Å². The number of rotatable bonds is 7.